The second-order valence-corrected chi connectivity index (χ2v) is 5.42. The number of hydrogen-bond donors (Lipinski definition) is 2. The van der Waals surface area contributed by atoms with Crippen LogP contribution in [0.1, 0.15) is 51.4 Å². The smallest absolute Gasteiger partial charge is 0.147 e. The van der Waals surface area contributed by atoms with Crippen molar-refractivity contribution in [3.63, 3.8) is 0 Å². The van der Waals surface area contributed by atoms with Gasteiger partial charge in [-0.15, -0.1) is 0 Å². The van der Waals surface area contributed by atoms with Gasteiger partial charge in [0.2, 0.25) is 0 Å². The van der Waals surface area contributed by atoms with Crippen molar-refractivity contribution in [2.24, 2.45) is 11.5 Å². The van der Waals surface area contributed by atoms with E-state index in [0.717, 1.165) is 25.7 Å². The van der Waals surface area contributed by atoms with Crippen LogP contribution in [0.15, 0.2) is 0 Å². The lowest BCUT2D eigenvalue weighted by Gasteiger charge is -2.31. The van der Waals surface area contributed by atoms with Crippen LogP contribution >= 0.6 is 0 Å². The summed E-state index contributed by atoms with van der Waals surface area (Å²) in [5.41, 5.74) is 12.0. The van der Waals surface area contributed by atoms with Crippen molar-refractivity contribution in [2.75, 3.05) is 6.79 Å². The van der Waals surface area contributed by atoms with E-state index >= 15 is 0 Å². The summed E-state index contributed by atoms with van der Waals surface area (Å²) in [4.78, 5) is 0. The molecule has 0 bridgehead atoms. The molecule has 2 rings (SSSR count). The molecule has 4 atom stereocenters. The monoisotopic (exact) mass is 242 g/mol. The molecule has 2 aliphatic rings. The zero-order valence-electron chi connectivity index (χ0n) is 10.6. The van der Waals surface area contributed by atoms with Gasteiger partial charge in [0.25, 0.3) is 0 Å². The topological polar surface area (TPSA) is 70.5 Å². The highest BCUT2D eigenvalue weighted by atomic mass is 16.7. The summed E-state index contributed by atoms with van der Waals surface area (Å²) in [7, 11) is 0. The van der Waals surface area contributed by atoms with Crippen LogP contribution in [0.2, 0.25) is 0 Å². The Kier molecular flexibility index (Phi) is 5.22. The Balaban J connectivity index is 1.64. The van der Waals surface area contributed by atoms with Gasteiger partial charge in [0.05, 0.1) is 12.2 Å². The third-order valence-electron chi connectivity index (χ3n) is 4.07. The van der Waals surface area contributed by atoms with Gasteiger partial charge in [0.15, 0.2) is 0 Å². The first-order valence-corrected chi connectivity index (χ1v) is 7.02. The summed E-state index contributed by atoms with van der Waals surface area (Å²) in [6.45, 7) is 0.358. The molecule has 0 aromatic carbocycles. The van der Waals surface area contributed by atoms with Gasteiger partial charge in [-0.25, -0.2) is 0 Å². The summed E-state index contributed by atoms with van der Waals surface area (Å²) in [6, 6.07) is 0.375. The molecule has 4 heteroatoms. The predicted octanol–water partition coefficient (Wildman–Crippen LogP) is 1.52. The van der Waals surface area contributed by atoms with Gasteiger partial charge in [0.1, 0.15) is 6.79 Å². The van der Waals surface area contributed by atoms with E-state index in [9.17, 15) is 0 Å². The van der Waals surface area contributed by atoms with Crippen molar-refractivity contribution in [2.45, 2.75) is 75.7 Å². The number of hydrogen-bond acceptors (Lipinski definition) is 4. The van der Waals surface area contributed by atoms with Gasteiger partial charge >= 0.3 is 0 Å². The largest absolute Gasteiger partial charge is 0.351 e. The normalized spacial score (nSPS) is 39.2. The third kappa shape index (κ3) is 3.91. The van der Waals surface area contributed by atoms with Crippen LogP contribution in [0.25, 0.3) is 0 Å². The van der Waals surface area contributed by atoms with Crippen molar-refractivity contribution in [1.29, 1.82) is 0 Å². The first-order valence-electron chi connectivity index (χ1n) is 7.02. The van der Waals surface area contributed by atoms with Gasteiger partial charge in [-0.3, -0.25) is 0 Å². The molecule has 0 aromatic rings. The summed E-state index contributed by atoms with van der Waals surface area (Å²) in [5.74, 6) is 0. The molecule has 0 aliphatic heterocycles. The summed E-state index contributed by atoms with van der Waals surface area (Å²) < 4.78 is 11.5. The zero-order chi connectivity index (χ0) is 12.1. The van der Waals surface area contributed by atoms with E-state index in [1.807, 2.05) is 0 Å². The average molecular weight is 242 g/mol. The molecule has 0 spiro atoms. The lowest BCUT2D eigenvalue weighted by Crippen LogP contribution is -2.42. The van der Waals surface area contributed by atoms with Crippen LogP contribution in [-0.4, -0.2) is 31.1 Å². The van der Waals surface area contributed by atoms with E-state index in [-0.39, 0.29) is 24.3 Å². The molecule has 0 radical (unpaired) electrons. The highest BCUT2D eigenvalue weighted by Gasteiger charge is 2.25. The van der Waals surface area contributed by atoms with Crippen LogP contribution in [0.5, 0.6) is 0 Å². The standard InChI is InChI=1S/C13H26N2O2/c14-10-5-1-3-7-12(10)16-9-17-13-8-4-2-6-11(13)15/h10-13H,1-9,14-15H2. The molecule has 4 unspecified atom stereocenters. The maximum Gasteiger partial charge on any atom is 0.147 e. The van der Waals surface area contributed by atoms with Crippen LogP contribution < -0.4 is 11.5 Å². The van der Waals surface area contributed by atoms with Gasteiger partial charge in [0, 0.05) is 12.1 Å². The summed E-state index contributed by atoms with van der Waals surface area (Å²) in [5, 5.41) is 0. The summed E-state index contributed by atoms with van der Waals surface area (Å²) >= 11 is 0. The van der Waals surface area contributed by atoms with Crippen LogP contribution in [0, 0.1) is 0 Å². The fraction of sp³-hybridized carbons (Fsp3) is 1.00. The van der Waals surface area contributed by atoms with E-state index in [2.05, 4.69) is 0 Å². The summed E-state index contributed by atoms with van der Waals surface area (Å²) in [6.07, 6.45) is 9.57. The molecule has 4 N–H and O–H groups in total. The van der Waals surface area contributed by atoms with Gasteiger partial charge in [-0.1, -0.05) is 25.7 Å². The van der Waals surface area contributed by atoms with E-state index in [1.54, 1.807) is 0 Å². The van der Waals surface area contributed by atoms with Crippen LogP contribution in [0.4, 0.5) is 0 Å². The highest BCUT2D eigenvalue weighted by Crippen LogP contribution is 2.22. The molecule has 0 saturated heterocycles. The van der Waals surface area contributed by atoms with E-state index in [4.69, 9.17) is 20.9 Å². The minimum atomic E-state index is 0.184. The highest BCUT2D eigenvalue weighted by molar-refractivity contribution is 4.79. The number of nitrogens with two attached hydrogens (primary N) is 2. The molecular formula is C13H26N2O2. The fourth-order valence-corrected chi connectivity index (χ4v) is 2.88. The minimum Gasteiger partial charge on any atom is -0.351 e. The maximum absolute atomic E-state index is 6.02. The van der Waals surface area contributed by atoms with Crippen molar-refractivity contribution in [3.05, 3.63) is 0 Å². The lowest BCUT2D eigenvalue weighted by atomic mass is 9.93. The van der Waals surface area contributed by atoms with Crippen LogP contribution in [-0.2, 0) is 9.47 Å². The molecule has 2 fully saturated rings. The quantitative estimate of drug-likeness (QED) is 0.733. The SMILES string of the molecule is NC1CCCCC1OCOC1CCCCC1N. The van der Waals surface area contributed by atoms with Crippen molar-refractivity contribution in [3.8, 4) is 0 Å². The van der Waals surface area contributed by atoms with E-state index in [0.29, 0.717) is 6.79 Å². The molecule has 2 aliphatic carbocycles. The van der Waals surface area contributed by atoms with Gasteiger partial charge < -0.3 is 20.9 Å². The first-order chi connectivity index (χ1) is 8.27. The molecule has 0 aromatic heterocycles. The van der Waals surface area contributed by atoms with Crippen molar-refractivity contribution in [1.82, 2.24) is 0 Å². The second-order valence-electron chi connectivity index (χ2n) is 5.42. The number of ether oxygens (including phenoxy) is 2. The Hall–Kier alpha value is -0.160. The molecule has 17 heavy (non-hydrogen) atoms. The van der Waals surface area contributed by atoms with Crippen molar-refractivity contribution < 1.29 is 9.47 Å². The fourth-order valence-electron chi connectivity index (χ4n) is 2.88. The lowest BCUT2D eigenvalue weighted by molar-refractivity contribution is -0.138. The predicted molar refractivity (Wildman–Crippen MR) is 67.5 cm³/mol. The third-order valence-corrected chi connectivity index (χ3v) is 4.07. The molecule has 100 valence electrons. The second kappa shape index (κ2) is 6.69. The maximum atomic E-state index is 6.02. The minimum absolute atomic E-state index is 0.184. The Morgan fingerprint density at radius 2 is 1.12 bits per heavy atom. The van der Waals surface area contributed by atoms with Gasteiger partial charge in [-0.05, 0) is 25.7 Å². The molecule has 2 saturated carbocycles. The Bertz CT molecular complexity index is 203. The molecule has 0 amide bonds. The van der Waals surface area contributed by atoms with Gasteiger partial charge in [-0.2, -0.15) is 0 Å². The Labute approximate surface area is 104 Å². The molecule has 4 nitrogen and oxygen atoms in total. The number of rotatable bonds is 4. The molecular weight excluding hydrogens is 216 g/mol. The van der Waals surface area contributed by atoms with E-state index < -0.39 is 0 Å². The first kappa shape index (κ1) is 13.3. The molecule has 0 heterocycles. The van der Waals surface area contributed by atoms with Crippen molar-refractivity contribution >= 4 is 0 Å². The zero-order valence-corrected chi connectivity index (χ0v) is 10.6. The average Bonchev–Trinajstić information content (AvgIpc) is 2.34. The Morgan fingerprint density at radius 3 is 1.53 bits per heavy atom. The Morgan fingerprint density at radius 1 is 0.706 bits per heavy atom. The van der Waals surface area contributed by atoms with E-state index in [1.165, 1.54) is 25.7 Å². The van der Waals surface area contributed by atoms with Crippen LogP contribution in [0.3, 0.4) is 0 Å².